The zero-order chi connectivity index (χ0) is 26.8. The van der Waals surface area contributed by atoms with E-state index in [-0.39, 0.29) is 26.2 Å². The molecule has 0 heterocycles. The standard InChI is InChI=1S/3C12H11P.Bi/c3*1-3-7-11(8-4-1)13-12-9-5-2-6-10-12;/h3*1-10,13H;. The largest absolute Gasteiger partial charge is 0.0622 e. The van der Waals surface area contributed by atoms with E-state index in [1.54, 1.807) is 0 Å². The maximum absolute atomic E-state index is 2.17. The summed E-state index contributed by atoms with van der Waals surface area (Å²) >= 11 is 0. The summed E-state index contributed by atoms with van der Waals surface area (Å²) in [4.78, 5) is 0. The topological polar surface area (TPSA) is 0 Å². The Morgan fingerprint density at radius 1 is 0.200 bits per heavy atom. The molecule has 0 saturated carbocycles. The van der Waals surface area contributed by atoms with Crippen LogP contribution in [0.15, 0.2) is 182 Å². The maximum Gasteiger partial charge on any atom is 0 e. The first-order chi connectivity index (χ1) is 19.3. The molecular formula is C36H33BiP3. The predicted octanol–water partition coefficient (Wildman–Crippen LogP) is 6.57. The molecule has 6 aromatic rings. The quantitative estimate of drug-likeness (QED) is 0.133. The van der Waals surface area contributed by atoms with Gasteiger partial charge in [0.25, 0.3) is 0 Å². The summed E-state index contributed by atoms with van der Waals surface area (Å²) in [5, 5.41) is 8.38. The second-order valence-corrected chi connectivity index (χ2v) is 12.8. The molecule has 0 aliphatic carbocycles. The molecule has 3 radical (unpaired) electrons. The van der Waals surface area contributed by atoms with Crippen LogP contribution in [-0.4, -0.2) is 26.2 Å². The third-order valence-corrected chi connectivity index (χ3v) is 9.24. The minimum absolute atomic E-state index is 0. The maximum atomic E-state index is 2.17. The van der Waals surface area contributed by atoms with Crippen LogP contribution in [0.3, 0.4) is 0 Å². The van der Waals surface area contributed by atoms with E-state index in [1.807, 2.05) is 0 Å². The molecule has 6 rings (SSSR count). The Bertz CT molecular complexity index is 1140. The Balaban J connectivity index is 0.000000163. The Morgan fingerprint density at radius 3 is 0.450 bits per heavy atom. The Morgan fingerprint density at radius 2 is 0.325 bits per heavy atom. The van der Waals surface area contributed by atoms with Crippen molar-refractivity contribution in [2.75, 3.05) is 0 Å². The summed E-state index contributed by atoms with van der Waals surface area (Å²) in [6, 6.07) is 63.5. The molecule has 0 aliphatic heterocycles. The number of benzene rings is 6. The minimum atomic E-state index is 0. The number of hydrogen-bond acceptors (Lipinski definition) is 0. The van der Waals surface area contributed by atoms with Crippen molar-refractivity contribution in [2.45, 2.75) is 0 Å². The van der Waals surface area contributed by atoms with Gasteiger partial charge in [-0.15, -0.1) is 0 Å². The molecule has 0 amide bonds. The van der Waals surface area contributed by atoms with Crippen molar-refractivity contribution in [3.05, 3.63) is 182 Å². The molecule has 6 aromatic carbocycles. The molecule has 0 bridgehead atoms. The monoisotopic (exact) mass is 767 g/mol. The molecule has 0 unspecified atom stereocenters. The molecule has 40 heavy (non-hydrogen) atoms. The van der Waals surface area contributed by atoms with Crippen molar-refractivity contribution in [1.82, 2.24) is 0 Å². The van der Waals surface area contributed by atoms with Crippen LogP contribution in [0.4, 0.5) is 0 Å². The van der Waals surface area contributed by atoms with Crippen LogP contribution in [0, 0.1) is 0 Å². The third kappa shape index (κ3) is 12.8. The van der Waals surface area contributed by atoms with Gasteiger partial charge in [-0.05, 0) is 31.8 Å². The van der Waals surface area contributed by atoms with E-state index >= 15 is 0 Å². The molecule has 0 N–H and O–H groups in total. The van der Waals surface area contributed by atoms with Gasteiger partial charge in [0.15, 0.2) is 0 Å². The first-order valence-corrected chi connectivity index (χ1v) is 16.0. The molecule has 0 saturated heterocycles. The smallest absolute Gasteiger partial charge is 0 e. The van der Waals surface area contributed by atoms with E-state index in [9.17, 15) is 0 Å². The molecule has 4 heteroatoms. The molecule has 0 fully saturated rings. The van der Waals surface area contributed by atoms with E-state index in [0.29, 0.717) is 0 Å². The van der Waals surface area contributed by atoms with Crippen molar-refractivity contribution >= 4 is 83.8 Å². The van der Waals surface area contributed by atoms with Crippen LogP contribution in [0.25, 0.3) is 0 Å². The van der Waals surface area contributed by atoms with Crippen molar-refractivity contribution in [2.24, 2.45) is 0 Å². The zero-order valence-corrected chi connectivity index (χ0v) is 28.7. The summed E-state index contributed by atoms with van der Waals surface area (Å²) in [5.41, 5.74) is 0. The molecule has 0 spiro atoms. The Hall–Kier alpha value is -2.51. The fourth-order valence-electron chi connectivity index (χ4n) is 3.63. The average Bonchev–Trinajstić information content (AvgIpc) is 3.01. The van der Waals surface area contributed by atoms with Gasteiger partial charge in [0, 0.05) is 26.2 Å². The SMILES string of the molecule is [Bi].c1ccc(Pc2ccccc2)cc1.c1ccc(Pc2ccccc2)cc1.c1ccc(Pc2ccccc2)cc1. The van der Waals surface area contributed by atoms with Gasteiger partial charge < -0.3 is 0 Å². The fourth-order valence-corrected chi connectivity index (χ4v) is 6.78. The summed E-state index contributed by atoms with van der Waals surface area (Å²) in [7, 11) is 2.33. The van der Waals surface area contributed by atoms with Crippen LogP contribution >= 0.6 is 25.7 Å². The van der Waals surface area contributed by atoms with E-state index < -0.39 is 0 Å². The van der Waals surface area contributed by atoms with Crippen LogP contribution in [0.2, 0.25) is 0 Å². The van der Waals surface area contributed by atoms with E-state index in [4.69, 9.17) is 0 Å². The third-order valence-electron chi connectivity index (χ3n) is 5.51. The van der Waals surface area contributed by atoms with Crippen molar-refractivity contribution in [1.29, 1.82) is 0 Å². The molecule has 197 valence electrons. The van der Waals surface area contributed by atoms with Gasteiger partial charge >= 0.3 is 0 Å². The van der Waals surface area contributed by atoms with Crippen molar-refractivity contribution in [3.8, 4) is 0 Å². The average molecular weight is 768 g/mol. The van der Waals surface area contributed by atoms with Crippen LogP contribution < -0.4 is 31.8 Å². The van der Waals surface area contributed by atoms with E-state index in [2.05, 4.69) is 182 Å². The first kappa shape index (κ1) is 32.0. The summed E-state index contributed by atoms with van der Waals surface area (Å²) < 4.78 is 0. The second-order valence-electron chi connectivity index (χ2n) is 8.57. The molecule has 0 aliphatic rings. The van der Waals surface area contributed by atoms with E-state index in [0.717, 1.165) is 25.7 Å². The number of hydrogen-bond donors (Lipinski definition) is 0. The van der Waals surface area contributed by atoms with Crippen molar-refractivity contribution < 1.29 is 0 Å². The summed E-state index contributed by atoms with van der Waals surface area (Å²) in [6.45, 7) is 0. The molecule has 0 aromatic heterocycles. The minimum Gasteiger partial charge on any atom is -0.0622 e. The molecular weight excluding hydrogens is 734 g/mol. The van der Waals surface area contributed by atoms with Gasteiger partial charge in [-0.2, -0.15) is 0 Å². The van der Waals surface area contributed by atoms with Crippen LogP contribution in [0.1, 0.15) is 0 Å². The number of rotatable bonds is 6. The second kappa shape index (κ2) is 19.5. The molecule has 0 atom stereocenters. The Labute approximate surface area is 264 Å². The zero-order valence-electron chi connectivity index (χ0n) is 22.3. The van der Waals surface area contributed by atoms with Gasteiger partial charge in [0.05, 0.1) is 0 Å². The summed E-state index contributed by atoms with van der Waals surface area (Å²) in [5.74, 6) is 0. The van der Waals surface area contributed by atoms with Gasteiger partial charge in [-0.1, -0.05) is 208 Å². The van der Waals surface area contributed by atoms with E-state index in [1.165, 1.54) is 31.8 Å². The normalized spacial score (nSPS) is 9.60. The fraction of sp³-hybridized carbons (Fsp3) is 0. The van der Waals surface area contributed by atoms with Crippen molar-refractivity contribution in [3.63, 3.8) is 0 Å². The van der Waals surface area contributed by atoms with Gasteiger partial charge in [-0.3, -0.25) is 0 Å². The summed E-state index contributed by atoms with van der Waals surface area (Å²) in [6.07, 6.45) is 0. The van der Waals surface area contributed by atoms with Gasteiger partial charge in [0.1, 0.15) is 0 Å². The first-order valence-electron chi connectivity index (χ1n) is 13.0. The predicted molar refractivity (Wildman–Crippen MR) is 187 cm³/mol. The Kier molecular flexibility index (Phi) is 15.6. The molecule has 0 nitrogen and oxygen atoms in total. The van der Waals surface area contributed by atoms with Gasteiger partial charge in [-0.25, -0.2) is 0 Å². The van der Waals surface area contributed by atoms with Crippen LogP contribution in [0.5, 0.6) is 0 Å². The van der Waals surface area contributed by atoms with Gasteiger partial charge in [0.2, 0.25) is 0 Å². The van der Waals surface area contributed by atoms with Crippen LogP contribution in [-0.2, 0) is 0 Å².